The summed E-state index contributed by atoms with van der Waals surface area (Å²) in [5, 5.41) is 20.7. The summed E-state index contributed by atoms with van der Waals surface area (Å²) in [7, 11) is 0. The molecule has 0 radical (unpaired) electrons. The molecule has 3 N–H and O–H groups in total. The SMILES string of the molecule is C[C@H](NC[C@H](O)CO)c1ccco1. The van der Waals surface area contributed by atoms with Crippen LogP contribution in [0.4, 0.5) is 0 Å². The van der Waals surface area contributed by atoms with E-state index in [1.165, 1.54) is 0 Å². The van der Waals surface area contributed by atoms with Gasteiger partial charge in [-0.2, -0.15) is 0 Å². The molecule has 0 unspecified atom stereocenters. The van der Waals surface area contributed by atoms with Crippen LogP contribution in [0.2, 0.25) is 0 Å². The van der Waals surface area contributed by atoms with Gasteiger partial charge >= 0.3 is 0 Å². The molecular weight excluding hydrogens is 170 g/mol. The fraction of sp³-hybridized carbons (Fsp3) is 0.556. The highest BCUT2D eigenvalue weighted by Gasteiger charge is 2.09. The molecule has 1 aromatic rings. The Morgan fingerprint density at radius 2 is 2.38 bits per heavy atom. The van der Waals surface area contributed by atoms with Crippen molar-refractivity contribution in [3.63, 3.8) is 0 Å². The number of furan rings is 1. The molecule has 74 valence electrons. The van der Waals surface area contributed by atoms with Crippen LogP contribution < -0.4 is 5.32 Å². The van der Waals surface area contributed by atoms with Crippen molar-refractivity contribution < 1.29 is 14.6 Å². The monoisotopic (exact) mass is 185 g/mol. The number of nitrogens with one attached hydrogen (secondary N) is 1. The van der Waals surface area contributed by atoms with Gasteiger partial charge in [0.05, 0.1) is 25.0 Å². The largest absolute Gasteiger partial charge is 0.468 e. The lowest BCUT2D eigenvalue weighted by atomic mass is 10.2. The first-order chi connectivity index (χ1) is 6.24. The molecule has 0 aromatic carbocycles. The van der Waals surface area contributed by atoms with E-state index in [1.54, 1.807) is 6.26 Å². The molecule has 0 amide bonds. The van der Waals surface area contributed by atoms with Gasteiger partial charge in [-0.15, -0.1) is 0 Å². The van der Waals surface area contributed by atoms with Gasteiger partial charge in [0, 0.05) is 6.54 Å². The van der Waals surface area contributed by atoms with Crippen LogP contribution in [0.15, 0.2) is 22.8 Å². The lowest BCUT2D eigenvalue weighted by molar-refractivity contribution is 0.0917. The summed E-state index contributed by atoms with van der Waals surface area (Å²) in [6.45, 7) is 2.07. The zero-order chi connectivity index (χ0) is 9.68. The minimum absolute atomic E-state index is 0.0520. The molecule has 0 fully saturated rings. The van der Waals surface area contributed by atoms with Gasteiger partial charge in [0.15, 0.2) is 0 Å². The van der Waals surface area contributed by atoms with Gasteiger partial charge in [-0.05, 0) is 19.1 Å². The van der Waals surface area contributed by atoms with E-state index in [9.17, 15) is 0 Å². The van der Waals surface area contributed by atoms with Crippen molar-refractivity contribution in [2.45, 2.75) is 19.1 Å². The van der Waals surface area contributed by atoms with Gasteiger partial charge < -0.3 is 19.9 Å². The molecule has 0 spiro atoms. The van der Waals surface area contributed by atoms with Crippen LogP contribution in [0.5, 0.6) is 0 Å². The highest BCUT2D eigenvalue weighted by atomic mass is 16.3. The molecule has 0 saturated heterocycles. The maximum atomic E-state index is 9.06. The fourth-order valence-electron chi connectivity index (χ4n) is 1.02. The van der Waals surface area contributed by atoms with Crippen molar-refractivity contribution in [2.75, 3.05) is 13.2 Å². The Morgan fingerprint density at radius 1 is 1.62 bits per heavy atom. The fourth-order valence-corrected chi connectivity index (χ4v) is 1.02. The van der Waals surface area contributed by atoms with Gasteiger partial charge in [0.2, 0.25) is 0 Å². The zero-order valence-corrected chi connectivity index (χ0v) is 7.60. The van der Waals surface area contributed by atoms with E-state index < -0.39 is 6.10 Å². The summed E-state index contributed by atoms with van der Waals surface area (Å²) >= 11 is 0. The molecule has 13 heavy (non-hydrogen) atoms. The molecule has 4 nitrogen and oxygen atoms in total. The van der Waals surface area contributed by atoms with Crippen LogP contribution in [0.3, 0.4) is 0 Å². The van der Waals surface area contributed by atoms with Crippen molar-refractivity contribution in [3.8, 4) is 0 Å². The summed E-state index contributed by atoms with van der Waals surface area (Å²) < 4.78 is 5.15. The van der Waals surface area contributed by atoms with Crippen LogP contribution >= 0.6 is 0 Å². The highest BCUT2D eigenvalue weighted by molar-refractivity contribution is 5.02. The van der Waals surface area contributed by atoms with Crippen molar-refractivity contribution in [2.24, 2.45) is 0 Å². The van der Waals surface area contributed by atoms with Crippen LogP contribution in [0, 0.1) is 0 Å². The minimum Gasteiger partial charge on any atom is -0.468 e. The summed E-state index contributed by atoms with van der Waals surface area (Å²) in [6.07, 6.45) is 0.896. The van der Waals surface area contributed by atoms with Gasteiger partial charge in [-0.1, -0.05) is 0 Å². The van der Waals surface area contributed by atoms with E-state index >= 15 is 0 Å². The number of aliphatic hydroxyl groups excluding tert-OH is 2. The molecule has 4 heteroatoms. The molecule has 0 saturated carbocycles. The first-order valence-corrected chi connectivity index (χ1v) is 4.29. The van der Waals surface area contributed by atoms with E-state index in [1.807, 2.05) is 19.1 Å². The third kappa shape index (κ3) is 3.18. The second kappa shape index (κ2) is 5.01. The quantitative estimate of drug-likeness (QED) is 0.616. The van der Waals surface area contributed by atoms with Gasteiger partial charge in [-0.3, -0.25) is 0 Å². The molecule has 0 aliphatic carbocycles. The Hall–Kier alpha value is -0.840. The average Bonchev–Trinajstić information content (AvgIpc) is 2.66. The molecule has 2 atom stereocenters. The second-order valence-corrected chi connectivity index (χ2v) is 2.98. The minimum atomic E-state index is -0.711. The molecule has 1 aromatic heterocycles. The number of hydrogen-bond donors (Lipinski definition) is 3. The van der Waals surface area contributed by atoms with E-state index in [4.69, 9.17) is 14.6 Å². The average molecular weight is 185 g/mol. The molecule has 1 heterocycles. The third-order valence-electron chi connectivity index (χ3n) is 1.84. The smallest absolute Gasteiger partial charge is 0.120 e. The Morgan fingerprint density at radius 3 is 2.92 bits per heavy atom. The molecule has 0 bridgehead atoms. The number of hydrogen-bond acceptors (Lipinski definition) is 4. The highest BCUT2D eigenvalue weighted by Crippen LogP contribution is 2.11. The van der Waals surface area contributed by atoms with E-state index in [-0.39, 0.29) is 12.6 Å². The Balaban J connectivity index is 2.30. The molecule has 0 aliphatic heterocycles. The van der Waals surface area contributed by atoms with E-state index in [0.29, 0.717) is 6.54 Å². The van der Waals surface area contributed by atoms with E-state index in [2.05, 4.69) is 5.32 Å². The summed E-state index contributed by atoms with van der Waals surface area (Å²) in [5.41, 5.74) is 0. The van der Waals surface area contributed by atoms with Crippen LogP contribution in [-0.2, 0) is 0 Å². The maximum absolute atomic E-state index is 9.06. The zero-order valence-electron chi connectivity index (χ0n) is 7.60. The van der Waals surface area contributed by atoms with Gasteiger partial charge in [-0.25, -0.2) is 0 Å². The predicted molar refractivity (Wildman–Crippen MR) is 48.2 cm³/mol. The molecule has 0 aliphatic rings. The van der Waals surface area contributed by atoms with E-state index in [0.717, 1.165) is 5.76 Å². The lowest BCUT2D eigenvalue weighted by Gasteiger charge is -2.13. The Bertz CT molecular complexity index is 223. The van der Waals surface area contributed by atoms with Gasteiger partial charge in [0.1, 0.15) is 5.76 Å². The molecule has 1 rings (SSSR count). The van der Waals surface area contributed by atoms with Crippen LogP contribution in [-0.4, -0.2) is 29.5 Å². The standard InChI is InChI=1S/C9H15NO3/c1-7(9-3-2-4-13-9)10-5-8(12)6-11/h2-4,7-8,10-12H,5-6H2,1H3/t7-,8-/m0/s1. The topological polar surface area (TPSA) is 65.6 Å². The van der Waals surface area contributed by atoms with Gasteiger partial charge in [0.25, 0.3) is 0 Å². The van der Waals surface area contributed by atoms with Crippen molar-refractivity contribution in [1.82, 2.24) is 5.32 Å². The first kappa shape index (κ1) is 10.2. The summed E-state index contributed by atoms with van der Waals surface area (Å²) in [6, 6.07) is 3.73. The summed E-state index contributed by atoms with van der Waals surface area (Å²) in [5.74, 6) is 0.824. The van der Waals surface area contributed by atoms with Crippen molar-refractivity contribution in [3.05, 3.63) is 24.2 Å². The number of rotatable bonds is 5. The van der Waals surface area contributed by atoms with Crippen molar-refractivity contribution >= 4 is 0 Å². The Kier molecular flexibility index (Phi) is 3.95. The second-order valence-electron chi connectivity index (χ2n) is 2.98. The predicted octanol–water partition coefficient (Wildman–Crippen LogP) is 0.283. The normalized spacial score (nSPS) is 15.6. The van der Waals surface area contributed by atoms with Crippen LogP contribution in [0.25, 0.3) is 0 Å². The lowest BCUT2D eigenvalue weighted by Crippen LogP contribution is -2.31. The van der Waals surface area contributed by atoms with Crippen LogP contribution in [0.1, 0.15) is 18.7 Å². The number of aliphatic hydroxyl groups is 2. The Labute approximate surface area is 77.2 Å². The molecular formula is C9H15NO3. The summed E-state index contributed by atoms with van der Waals surface area (Å²) in [4.78, 5) is 0. The third-order valence-corrected chi connectivity index (χ3v) is 1.84. The maximum Gasteiger partial charge on any atom is 0.120 e. The first-order valence-electron chi connectivity index (χ1n) is 4.29. The van der Waals surface area contributed by atoms with Crippen molar-refractivity contribution in [1.29, 1.82) is 0 Å².